The molecule has 1 aliphatic heterocycles. The van der Waals surface area contributed by atoms with Gasteiger partial charge in [0.15, 0.2) is 5.96 Å². The molecule has 8 heteroatoms. The predicted molar refractivity (Wildman–Crippen MR) is 107 cm³/mol. The Labute approximate surface area is 163 Å². The summed E-state index contributed by atoms with van der Waals surface area (Å²) in [5, 5.41) is 3.41. The van der Waals surface area contributed by atoms with E-state index in [2.05, 4.69) is 25.2 Å². The molecule has 1 unspecified atom stereocenters. The maximum absolute atomic E-state index is 5.93. The first-order valence-corrected chi connectivity index (χ1v) is 8.56. The monoisotopic (exact) mass is 459 g/mol. The van der Waals surface area contributed by atoms with Crippen molar-refractivity contribution in [2.75, 3.05) is 20.1 Å². The van der Waals surface area contributed by atoms with E-state index in [1.165, 1.54) is 4.88 Å². The van der Waals surface area contributed by atoms with Crippen molar-refractivity contribution in [3.05, 3.63) is 40.5 Å². The number of guanidine groups is 1. The average molecular weight is 459 g/mol. The summed E-state index contributed by atoms with van der Waals surface area (Å²) in [6.07, 6.45) is 2.87. The van der Waals surface area contributed by atoms with Crippen molar-refractivity contribution in [2.24, 2.45) is 4.99 Å². The van der Waals surface area contributed by atoms with Crippen LogP contribution in [0.15, 0.2) is 34.9 Å². The van der Waals surface area contributed by atoms with Gasteiger partial charge in [0.2, 0.25) is 5.88 Å². The van der Waals surface area contributed by atoms with Crippen LogP contribution in [0.2, 0.25) is 0 Å². The molecule has 130 valence electrons. The molecular formula is C16H22IN5OS. The largest absolute Gasteiger partial charge is 0.472 e. The van der Waals surface area contributed by atoms with E-state index in [-0.39, 0.29) is 30.1 Å². The number of aromatic nitrogens is 2. The molecule has 2 aromatic rings. The lowest BCUT2D eigenvalue weighted by Gasteiger charge is -2.21. The van der Waals surface area contributed by atoms with Gasteiger partial charge in [0.05, 0.1) is 24.3 Å². The number of pyridine rings is 1. The Kier molecular flexibility index (Phi) is 7.22. The molecule has 0 spiro atoms. The van der Waals surface area contributed by atoms with Gasteiger partial charge in [-0.05, 0) is 13.0 Å². The van der Waals surface area contributed by atoms with Crippen LogP contribution in [-0.2, 0) is 6.54 Å². The van der Waals surface area contributed by atoms with Gasteiger partial charge in [-0.25, -0.2) is 9.97 Å². The molecule has 1 N–H and O–H groups in total. The van der Waals surface area contributed by atoms with E-state index in [4.69, 9.17) is 4.74 Å². The number of hydrogen-bond acceptors (Lipinski definition) is 5. The number of thiazole rings is 1. The van der Waals surface area contributed by atoms with Crippen LogP contribution in [-0.4, -0.2) is 47.1 Å². The molecule has 1 saturated heterocycles. The normalized spacial score (nSPS) is 17.5. The van der Waals surface area contributed by atoms with Crippen LogP contribution in [0.3, 0.4) is 0 Å². The van der Waals surface area contributed by atoms with E-state index in [1.54, 1.807) is 17.5 Å². The van der Waals surface area contributed by atoms with Crippen LogP contribution in [0, 0.1) is 6.92 Å². The van der Waals surface area contributed by atoms with Gasteiger partial charge in [-0.3, -0.25) is 4.99 Å². The minimum Gasteiger partial charge on any atom is -0.472 e. The summed E-state index contributed by atoms with van der Waals surface area (Å²) >= 11 is 1.67. The highest BCUT2D eigenvalue weighted by Crippen LogP contribution is 2.17. The maximum atomic E-state index is 5.93. The molecule has 0 radical (unpaired) electrons. The van der Waals surface area contributed by atoms with Crippen LogP contribution in [0.4, 0.5) is 0 Å². The first-order chi connectivity index (χ1) is 11.3. The quantitative estimate of drug-likeness (QED) is 0.433. The lowest BCUT2D eigenvalue weighted by molar-refractivity contribution is 0.205. The van der Waals surface area contributed by atoms with Gasteiger partial charge in [-0.1, -0.05) is 6.07 Å². The highest BCUT2D eigenvalue weighted by atomic mass is 127. The van der Waals surface area contributed by atoms with Crippen molar-refractivity contribution in [1.82, 2.24) is 20.2 Å². The maximum Gasteiger partial charge on any atom is 0.213 e. The topological polar surface area (TPSA) is 62.6 Å². The molecule has 1 fully saturated rings. The number of aryl methyl sites for hydroxylation is 1. The van der Waals surface area contributed by atoms with Crippen molar-refractivity contribution in [3.63, 3.8) is 0 Å². The van der Waals surface area contributed by atoms with Gasteiger partial charge < -0.3 is 15.0 Å². The standard InChI is InChI=1S/C16H21N5OS.HI/c1-12-14(23-11-20-12)9-19-16(17-2)21-8-6-13(10-21)22-15-5-3-4-7-18-15;/h3-5,7,11,13H,6,8-10H2,1-2H3,(H,17,19);1H. The second kappa shape index (κ2) is 9.16. The van der Waals surface area contributed by atoms with Crippen LogP contribution < -0.4 is 10.1 Å². The van der Waals surface area contributed by atoms with Gasteiger partial charge in [0.25, 0.3) is 0 Å². The summed E-state index contributed by atoms with van der Waals surface area (Å²) in [4.78, 5) is 16.3. The summed E-state index contributed by atoms with van der Waals surface area (Å²) in [5.74, 6) is 1.59. The molecule has 2 aromatic heterocycles. The van der Waals surface area contributed by atoms with Crippen molar-refractivity contribution in [3.8, 4) is 5.88 Å². The molecule has 3 heterocycles. The molecule has 0 saturated carbocycles. The fourth-order valence-electron chi connectivity index (χ4n) is 2.59. The van der Waals surface area contributed by atoms with Crippen LogP contribution in [0.25, 0.3) is 0 Å². The zero-order valence-electron chi connectivity index (χ0n) is 13.8. The Hall–Kier alpha value is -1.42. The minimum atomic E-state index is 0. The highest BCUT2D eigenvalue weighted by Gasteiger charge is 2.26. The molecule has 0 aromatic carbocycles. The van der Waals surface area contributed by atoms with E-state index >= 15 is 0 Å². The van der Waals surface area contributed by atoms with Crippen molar-refractivity contribution >= 4 is 41.3 Å². The Morgan fingerprint density at radius 1 is 1.46 bits per heavy atom. The highest BCUT2D eigenvalue weighted by molar-refractivity contribution is 14.0. The second-order valence-corrected chi connectivity index (χ2v) is 6.34. The van der Waals surface area contributed by atoms with E-state index in [0.29, 0.717) is 5.88 Å². The number of likely N-dealkylation sites (tertiary alicyclic amines) is 1. The minimum absolute atomic E-state index is 0. The third-order valence-corrected chi connectivity index (χ3v) is 4.77. The van der Waals surface area contributed by atoms with E-state index in [1.807, 2.05) is 37.7 Å². The molecule has 24 heavy (non-hydrogen) atoms. The first kappa shape index (κ1) is 18.9. The first-order valence-electron chi connectivity index (χ1n) is 7.68. The molecule has 1 atom stereocenters. The number of halogens is 1. The van der Waals surface area contributed by atoms with Gasteiger partial charge >= 0.3 is 0 Å². The summed E-state index contributed by atoms with van der Waals surface area (Å²) in [6.45, 7) is 4.53. The molecular weight excluding hydrogens is 437 g/mol. The van der Waals surface area contributed by atoms with Crippen molar-refractivity contribution in [2.45, 2.75) is 26.0 Å². The summed E-state index contributed by atoms with van der Waals surface area (Å²) < 4.78 is 5.93. The third kappa shape index (κ3) is 4.79. The fraction of sp³-hybridized carbons (Fsp3) is 0.438. The number of rotatable bonds is 4. The third-order valence-electron chi connectivity index (χ3n) is 3.83. The zero-order chi connectivity index (χ0) is 16.1. The Bertz CT molecular complexity index is 663. The van der Waals surface area contributed by atoms with E-state index in [9.17, 15) is 0 Å². The number of ether oxygens (including phenoxy) is 1. The number of aliphatic imine (C=N–C) groups is 1. The average Bonchev–Trinajstić information content (AvgIpc) is 3.19. The van der Waals surface area contributed by atoms with E-state index < -0.39 is 0 Å². The van der Waals surface area contributed by atoms with Gasteiger partial charge in [-0.2, -0.15) is 0 Å². The molecule has 0 aliphatic carbocycles. The lowest BCUT2D eigenvalue weighted by Crippen LogP contribution is -2.40. The van der Waals surface area contributed by atoms with Gasteiger partial charge in [0, 0.05) is 37.2 Å². The van der Waals surface area contributed by atoms with Crippen LogP contribution >= 0.6 is 35.3 Å². The Balaban J connectivity index is 0.00000208. The SMILES string of the molecule is CN=C(NCc1scnc1C)N1CCC(Oc2ccccn2)C1.I. The number of nitrogens with zero attached hydrogens (tertiary/aromatic N) is 4. The Morgan fingerprint density at radius 2 is 2.33 bits per heavy atom. The van der Waals surface area contributed by atoms with Crippen LogP contribution in [0.5, 0.6) is 5.88 Å². The summed E-state index contributed by atoms with van der Waals surface area (Å²) in [7, 11) is 1.81. The van der Waals surface area contributed by atoms with Gasteiger partial charge in [-0.15, -0.1) is 35.3 Å². The molecule has 6 nitrogen and oxygen atoms in total. The summed E-state index contributed by atoms with van der Waals surface area (Å²) in [6, 6.07) is 5.72. The Morgan fingerprint density at radius 3 is 3.00 bits per heavy atom. The predicted octanol–water partition coefficient (Wildman–Crippen LogP) is 2.69. The number of nitrogens with one attached hydrogen (secondary N) is 1. The fourth-order valence-corrected chi connectivity index (χ4v) is 3.31. The lowest BCUT2D eigenvalue weighted by atomic mass is 10.3. The van der Waals surface area contributed by atoms with Crippen molar-refractivity contribution in [1.29, 1.82) is 0 Å². The van der Waals surface area contributed by atoms with Crippen molar-refractivity contribution < 1.29 is 4.74 Å². The molecule has 3 rings (SSSR count). The zero-order valence-corrected chi connectivity index (χ0v) is 17.0. The number of hydrogen-bond donors (Lipinski definition) is 1. The molecule has 0 bridgehead atoms. The molecule has 0 amide bonds. The second-order valence-electron chi connectivity index (χ2n) is 5.40. The smallest absolute Gasteiger partial charge is 0.213 e. The van der Waals surface area contributed by atoms with Gasteiger partial charge in [0.1, 0.15) is 6.10 Å². The summed E-state index contributed by atoms with van der Waals surface area (Å²) in [5.41, 5.74) is 2.96. The van der Waals surface area contributed by atoms with E-state index in [0.717, 1.165) is 37.7 Å². The van der Waals surface area contributed by atoms with Crippen LogP contribution in [0.1, 0.15) is 17.0 Å². The molecule has 1 aliphatic rings.